The van der Waals surface area contributed by atoms with Gasteiger partial charge in [0.25, 0.3) is 11.6 Å². The Bertz CT molecular complexity index is 1270. The highest BCUT2D eigenvalue weighted by Gasteiger charge is 2.23. The maximum absolute atomic E-state index is 12.5. The largest absolute Gasteiger partial charge is 0.378 e. The van der Waals surface area contributed by atoms with Crippen LogP contribution < -0.4 is 9.50 Å². The van der Waals surface area contributed by atoms with Crippen LogP contribution in [0.25, 0.3) is 6.08 Å². The summed E-state index contributed by atoms with van der Waals surface area (Å²) in [4.78, 5) is 36.8. The maximum atomic E-state index is 12.5. The first-order valence-corrected chi connectivity index (χ1v) is 11.4. The third-order valence-corrected chi connectivity index (χ3v) is 6.42. The summed E-state index contributed by atoms with van der Waals surface area (Å²) in [6, 6.07) is 8.90. The van der Waals surface area contributed by atoms with E-state index in [0.29, 0.717) is 5.56 Å². The van der Waals surface area contributed by atoms with E-state index < -0.39 is 20.9 Å². The first kappa shape index (κ1) is 22.7. The van der Waals surface area contributed by atoms with E-state index in [1.807, 2.05) is 0 Å². The molecule has 2 amide bonds. The van der Waals surface area contributed by atoms with E-state index in [1.54, 1.807) is 0 Å². The number of halogens is 1. The summed E-state index contributed by atoms with van der Waals surface area (Å²) in [7, 11) is -4.32. The van der Waals surface area contributed by atoms with Crippen LogP contribution in [0.15, 0.2) is 61.7 Å². The number of nitrogens with zero attached hydrogens (tertiary/aromatic N) is 2. The highest BCUT2D eigenvalue weighted by molar-refractivity contribution is 9.10. The van der Waals surface area contributed by atoms with E-state index in [9.17, 15) is 28.1 Å². The minimum Gasteiger partial charge on any atom is -0.378 e. The van der Waals surface area contributed by atoms with E-state index in [-0.39, 0.29) is 36.8 Å². The summed E-state index contributed by atoms with van der Waals surface area (Å²) < 4.78 is 30.3. The van der Waals surface area contributed by atoms with E-state index >= 15 is 0 Å². The lowest BCUT2D eigenvalue weighted by Crippen LogP contribution is -2.23. The number of benzene rings is 2. The number of carbonyl (C=O) groups is 2. The zero-order valence-corrected chi connectivity index (χ0v) is 18.8. The highest BCUT2D eigenvalue weighted by Crippen LogP contribution is 2.32. The molecule has 0 saturated heterocycles. The molecular weight excluding hydrogens is 514 g/mol. The number of carbonyl (C=O) groups excluding carboxylic acids is 2. The molecule has 13 heteroatoms. The molecule has 0 bridgehead atoms. The Morgan fingerprint density at radius 3 is 2.68 bits per heavy atom. The molecule has 0 fully saturated rings. The third kappa shape index (κ3) is 5.57. The molecule has 0 spiro atoms. The molecule has 0 radical (unpaired) electrons. The Balaban J connectivity index is 1.80. The monoisotopic (exact) mass is 525 g/mol. The molecule has 1 heterocycles. The van der Waals surface area contributed by atoms with Gasteiger partial charge in [0.15, 0.2) is 10.9 Å². The Labute approximate surface area is 188 Å². The zero-order valence-electron chi connectivity index (χ0n) is 15.6. The summed E-state index contributed by atoms with van der Waals surface area (Å²) in [6.45, 7) is 1.30. The molecule has 0 unspecified atom stereocenters. The Morgan fingerprint density at radius 1 is 1.29 bits per heavy atom. The van der Waals surface area contributed by atoms with Gasteiger partial charge in [-0.1, -0.05) is 12.1 Å². The van der Waals surface area contributed by atoms with Gasteiger partial charge in [-0.05, 0) is 57.5 Å². The first-order valence-electron chi connectivity index (χ1n) is 8.34. The predicted octanol–water partition coefficient (Wildman–Crippen LogP) is 3.23. The van der Waals surface area contributed by atoms with Gasteiger partial charge >= 0.3 is 10.1 Å². The quantitative estimate of drug-likeness (QED) is 0.271. The molecule has 0 saturated carbocycles. The number of non-ortho nitro benzene ring substituents is 1. The second-order valence-electron chi connectivity index (χ2n) is 6.00. The molecule has 2 aromatic rings. The fourth-order valence-corrected chi connectivity index (χ4v) is 4.79. The zero-order chi connectivity index (χ0) is 22.8. The van der Waals surface area contributed by atoms with Crippen LogP contribution in [0.4, 0.5) is 5.69 Å². The number of rotatable bonds is 5. The molecule has 1 N–H and O–H groups in total. The fraction of sp³-hybridized carbons (Fsp3) is 0.0556. The van der Waals surface area contributed by atoms with E-state index in [1.165, 1.54) is 49.4 Å². The Kier molecular flexibility index (Phi) is 6.57. The number of hydrogen-bond donors (Lipinski definition) is 1. The number of aliphatic imine (C=N–C) groups is 1. The average molecular weight is 526 g/mol. The second-order valence-corrected chi connectivity index (χ2v) is 9.43. The minimum atomic E-state index is -4.32. The molecule has 0 atom stereocenters. The van der Waals surface area contributed by atoms with Crippen LogP contribution in [0, 0.1) is 10.1 Å². The van der Waals surface area contributed by atoms with Crippen molar-refractivity contribution < 1.29 is 27.1 Å². The van der Waals surface area contributed by atoms with Gasteiger partial charge in [0, 0.05) is 19.1 Å². The van der Waals surface area contributed by atoms with Crippen LogP contribution in [-0.4, -0.2) is 30.3 Å². The second kappa shape index (κ2) is 8.99. The van der Waals surface area contributed by atoms with Gasteiger partial charge in [0.2, 0.25) is 5.91 Å². The normalized spacial score (nSPS) is 15.0. The topological polar surface area (TPSA) is 145 Å². The van der Waals surface area contributed by atoms with Gasteiger partial charge in [-0.2, -0.15) is 13.4 Å². The average Bonchev–Trinajstić information content (AvgIpc) is 3.02. The molecule has 0 aromatic heterocycles. The number of nitro benzene ring substituents is 1. The van der Waals surface area contributed by atoms with Crippen molar-refractivity contribution >= 4 is 66.6 Å². The van der Waals surface area contributed by atoms with Gasteiger partial charge in [-0.15, -0.1) is 0 Å². The van der Waals surface area contributed by atoms with Crippen LogP contribution in [-0.2, 0) is 19.7 Å². The van der Waals surface area contributed by atoms with Crippen molar-refractivity contribution in [2.24, 2.45) is 4.99 Å². The number of amidine groups is 1. The third-order valence-electron chi connectivity index (χ3n) is 3.67. The van der Waals surface area contributed by atoms with Gasteiger partial charge in [-0.3, -0.25) is 19.7 Å². The lowest BCUT2D eigenvalue weighted by molar-refractivity contribution is -0.385. The van der Waals surface area contributed by atoms with E-state index in [0.717, 1.165) is 17.8 Å². The molecule has 3 rings (SSSR count). The van der Waals surface area contributed by atoms with Crippen molar-refractivity contribution in [3.8, 4) is 5.75 Å². The fourth-order valence-electron chi connectivity index (χ4n) is 2.36. The van der Waals surface area contributed by atoms with Crippen LogP contribution in [0.5, 0.6) is 5.75 Å². The maximum Gasteiger partial charge on any atom is 0.339 e. The lowest BCUT2D eigenvalue weighted by Gasteiger charge is -2.09. The van der Waals surface area contributed by atoms with Crippen molar-refractivity contribution in [1.82, 2.24) is 5.32 Å². The molecule has 31 heavy (non-hydrogen) atoms. The Morgan fingerprint density at radius 2 is 2.03 bits per heavy atom. The van der Waals surface area contributed by atoms with E-state index in [4.69, 9.17) is 4.18 Å². The van der Waals surface area contributed by atoms with E-state index in [2.05, 4.69) is 26.2 Å². The smallest absolute Gasteiger partial charge is 0.339 e. The van der Waals surface area contributed by atoms with Gasteiger partial charge in [-0.25, -0.2) is 0 Å². The SMILES string of the molecule is CC(=O)NC1=NC(=O)/C(=C/c2ccc(OS(=O)(=O)c3cccc([N+](=O)[O-])c3)c(Br)c2)S1. The summed E-state index contributed by atoms with van der Waals surface area (Å²) >= 11 is 4.21. The predicted molar refractivity (Wildman–Crippen MR) is 117 cm³/mol. The summed E-state index contributed by atoms with van der Waals surface area (Å²) in [6.07, 6.45) is 1.52. The number of hydrogen-bond acceptors (Lipinski definition) is 8. The molecule has 10 nitrogen and oxygen atoms in total. The minimum absolute atomic E-state index is 0.0470. The lowest BCUT2D eigenvalue weighted by atomic mass is 10.2. The van der Waals surface area contributed by atoms with Gasteiger partial charge in [0.05, 0.1) is 14.3 Å². The molecule has 1 aliphatic rings. The van der Waals surface area contributed by atoms with Gasteiger partial charge < -0.3 is 9.50 Å². The first-order chi connectivity index (χ1) is 14.5. The molecule has 1 aliphatic heterocycles. The Hall–Kier alpha value is -3.03. The van der Waals surface area contributed by atoms with Gasteiger partial charge in [0.1, 0.15) is 4.90 Å². The van der Waals surface area contributed by atoms with Crippen LogP contribution >= 0.6 is 27.7 Å². The summed E-state index contributed by atoms with van der Waals surface area (Å²) in [5.74, 6) is -0.915. The molecule has 160 valence electrons. The molecule has 2 aromatic carbocycles. The van der Waals surface area contributed by atoms with Crippen LogP contribution in [0.1, 0.15) is 12.5 Å². The number of amides is 2. The molecule has 0 aliphatic carbocycles. The van der Waals surface area contributed by atoms with Crippen molar-refractivity contribution in [3.05, 3.63) is 67.5 Å². The summed E-state index contributed by atoms with van der Waals surface area (Å²) in [5, 5.41) is 13.5. The standard InChI is InChI=1S/C18H12BrN3O7S2/c1-10(23)20-18-21-17(24)16(30-18)8-11-5-6-15(14(19)7-11)29-31(27,28)13-4-2-3-12(9-13)22(25)26/h2-9H,1H3,(H,20,21,23,24)/b16-8-. The highest BCUT2D eigenvalue weighted by atomic mass is 79.9. The molecular formula is C18H12BrN3O7S2. The van der Waals surface area contributed by atoms with Crippen LogP contribution in [0.2, 0.25) is 0 Å². The number of nitrogens with one attached hydrogen (secondary N) is 1. The number of thioether (sulfide) groups is 1. The van der Waals surface area contributed by atoms with Crippen molar-refractivity contribution in [2.45, 2.75) is 11.8 Å². The summed E-state index contributed by atoms with van der Waals surface area (Å²) in [5.41, 5.74) is 0.160. The van der Waals surface area contributed by atoms with Crippen LogP contribution in [0.3, 0.4) is 0 Å². The van der Waals surface area contributed by atoms with Crippen molar-refractivity contribution in [2.75, 3.05) is 0 Å². The number of nitro groups is 1. The van der Waals surface area contributed by atoms with Crippen molar-refractivity contribution in [3.63, 3.8) is 0 Å². The van der Waals surface area contributed by atoms with Crippen molar-refractivity contribution in [1.29, 1.82) is 0 Å².